The number of carbonyl (C=O) groups excluding carboxylic acids is 1. The number of anilines is 1. The molecule has 0 aromatic heterocycles. The molecule has 2 aliphatic heterocycles. The van der Waals surface area contributed by atoms with E-state index in [0.29, 0.717) is 23.4 Å². The lowest BCUT2D eigenvalue weighted by Gasteiger charge is -2.25. The summed E-state index contributed by atoms with van der Waals surface area (Å²) in [7, 11) is -7.29. The smallest absolute Gasteiger partial charge is 0.338 e. The Morgan fingerprint density at radius 3 is 2.16 bits per heavy atom. The van der Waals surface area contributed by atoms with Gasteiger partial charge in [-0.05, 0) is 59.4 Å². The second-order valence-electron chi connectivity index (χ2n) is 12.0. The van der Waals surface area contributed by atoms with Gasteiger partial charge in [-0.3, -0.25) is 0 Å². The highest BCUT2D eigenvalue weighted by molar-refractivity contribution is 7.79. The first-order chi connectivity index (χ1) is 23.9. The molecule has 2 amide bonds. The largest absolute Gasteiger partial charge is 0.483 e. The lowest BCUT2D eigenvalue weighted by Crippen LogP contribution is -2.41. The molecule has 0 spiro atoms. The number of carbonyl (C=O) groups is 1. The van der Waals surface area contributed by atoms with Crippen LogP contribution in [0.2, 0.25) is 0 Å². The summed E-state index contributed by atoms with van der Waals surface area (Å²) in [5.74, 6) is -0.525. The molecule has 272 valence electrons. The van der Waals surface area contributed by atoms with Gasteiger partial charge in [0.05, 0.1) is 5.56 Å². The topological polar surface area (TPSA) is 122 Å². The van der Waals surface area contributed by atoms with Gasteiger partial charge in [-0.15, -0.1) is 0 Å². The second-order valence-corrected chi connectivity index (χ2v) is 16.7. The third kappa shape index (κ3) is 9.68. The van der Waals surface area contributed by atoms with Crippen molar-refractivity contribution in [2.24, 2.45) is 0 Å². The van der Waals surface area contributed by atoms with Gasteiger partial charge in [0.15, 0.2) is 0 Å². The lowest BCUT2D eigenvalue weighted by atomic mass is 9.98. The average molecular weight is 744 g/mol. The van der Waals surface area contributed by atoms with Crippen molar-refractivity contribution in [2.45, 2.75) is 57.3 Å². The molecule has 2 aliphatic rings. The molecule has 0 aliphatic carbocycles. The van der Waals surface area contributed by atoms with Crippen LogP contribution in [0.25, 0.3) is 11.1 Å². The molecule has 10 nitrogen and oxygen atoms in total. The van der Waals surface area contributed by atoms with E-state index in [0.717, 1.165) is 31.7 Å². The van der Waals surface area contributed by atoms with E-state index in [1.165, 1.54) is 35.2 Å². The van der Waals surface area contributed by atoms with Crippen LogP contribution in [0.1, 0.15) is 49.3 Å². The summed E-state index contributed by atoms with van der Waals surface area (Å²) in [6.45, 7) is 3.28. The van der Waals surface area contributed by atoms with Gasteiger partial charge in [0, 0.05) is 25.3 Å². The summed E-state index contributed by atoms with van der Waals surface area (Å²) in [6.07, 6.45) is -0.553. The number of urea groups is 1. The van der Waals surface area contributed by atoms with E-state index in [1.807, 2.05) is 0 Å². The molecule has 0 unspecified atom stereocenters. The fraction of sp³-hybridized carbons (Fsp3) is 0.441. The Morgan fingerprint density at radius 1 is 0.900 bits per heavy atom. The minimum atomic E-state index is -4.51. The van der Waals surface area contributed by atoms with E-state index in [2.05, 4.69) is 17.6 Å². The second kappa shape index (κ2) is 17.1. The first-order valence-corrected chi connectivity index (χ1v) is 19.9. The highest BCUT2D eigenvalue weighted by atomic mass is 31.3. The lowest BCUT2D eigenvalue weighted by molar-refractivity contribution is -0.137. The average Bonchev–Trinajstić information content (AvgIpc) is 3.75. The van der Waals surface area contributed by atoms with Crippen molar-refractivity contribution in [1.29, 1.82) is 0 Å². The monoisotopic (exact) mass is 743 g/mol. The van der Waals surface area contributed by atoms with Gasteiger partial charge in [0.2, 0.25) is 0 Å². The number of halogens is 4. The molecule has 2 saturated heterocycles. The molecule has 3 aromatic rings. The summed E-state index contributed by atoms with van der Waals surface area (Å²) in [5, 5.41) is 5.94. The predicted octanol–water partition coefficient (Wildman–Crippen LogP) is 8.15. The Balaban J connectivity index is 1.32. The molecule has 2 fully saturated rings. The molecular formula is C34H43F4N3O7P2+2. The maximum absolute atomic E-state index is 15.2. The standard InChI is InChI=1S/C34H42F4N3O7P2/c1-2-3-4-7-17-39-32(42)41(24-25-10-12-26(13-11-25)29-8-5-6-9-30(29)34(36,37)38)18-16-27-23-28(14-15-31(27)35)40-33(49(43)45-19-20-46-49)50(44)47-21-22-48-50/h5-6,8-15,23,33,40,43-44H,2-4,7,16-22,24H2,1H3/q+1/p+1. The van der Waals surface area contributed by atoms with Crippen LogP contribution >= 0.6 is 15.9 Å². The summed E-state index contributed by atoms with van der Waals surface area (Å²) in [6, 6.07) is 15.7. The molecule has 50 heavy (non-hydrogen) atoms. The summed E-state index contributed by atoms with van der Waals surface area (Å²) in [5.41, 5.74) is -0.265. The van der Waals surface area contributed by atoms with Crippen LogP contribution < -0.4 is 10.6 Å². The number of nitrogens with zero attached hydrogens (tertiary/aromatic N) is 1. The van der Waals surface area contributed by atoms with E-state index in [4.69, 9.17) is 18.1 Å². The van der Waals surface area contributed by atoms with Crippen molar-refractivity contribution in [3.05, 3.63) is 89.2 Å². The van der Waals surface area contributed by atoms with Crippen molar-refractivity contribution in [3.8, 4) is 11.1 Å². The quantitative estimate of drug-likeness (QED) is 0.0700. The van der Waals surface area contributed by atoms with E-state index in [-0.39, 0.29) is 63.1 Å². The number of unbranched alkanes of at least 4 members (excludes halogenated alkanes) is 3. The van der Waals surface area contributed by atoms with Crippen LogP contribution in [0.15, 0.2) is 66.7 Å². The number of nitrogens with one attached hydrogen (secondary N) is 2. The molecule has 0 saturated carbocycles. The fourth-order valence-corrected chi connectivity index (χ4v) is 10.7. The number of alkyl halides is 3. The summed E-state index contributed by atoms with van der Waals surface area (Å²) >= 11 is 0. The number of rotatable bonds is 15. The molecule has 0 atom stereocenters. The minimum absolute atomic E-state index is 0.0556. The zero-order valence-corrected chi connectivity index (χ0v) is 29.5. The third-order valence-electron chi connectivity index (χ3n) is 8.35. The Hall–Kier alpha value is -2.93. The van der Waals surface area contributed by atoms with Gasteiger partial charge in [-0.1, -0.05) is 68.7 Å². The molecule has 0 bridgehead atoms. The van der Waals surface area contributed by atoms with Gasteiger partial charge in [-0.25, -0.2) is 9.18 Å². The van der Waals surface area contributed by atoms with Gasteiger partial charge < -0.3 is 15.5 Å². The molecule has 16 heteroatoms. The van der Waals surface area contributed by atoms with Crippen molar-refractivity contribution in [3.63, 3.8) is 0 Å². The number of benzene rings is 3. The summed E-state index contributed by atoms with van der Waals surface area (Å²) < 4.78 is 78.0. The van der Waals surface area contributed by atoms with Crippen molar-refractivity contribution in [2.75, 3.05) is 44.8 Å². The Bertz CT molecular complexity index is 1550. The van der Waals surface area contributed by atoms with Crippen LogP contribution in [0.3, 0.4) is 0 Å². The maximum Gasteiger partial charge on any atom is 0.483 e. The predicted molar refractivity (Wildman–Crippen MR) is 184 cm³/mol. The summed E-state index contributed by atoms with van der Waals surface area (Å²) in [4.78, 5) is 37.2. The first kappa shape index (κ1) is 38.3. The molecular weight excluding hydrogens is 700 g/mol. The van der Waals surface area contributed by atoms with Crippen molar-refractivity contribution < 1.29 is 50.2 Å². The Labute approximate surface area is 290 Å². The van der Waals surface area contributed by atoms with Crippen molar-refractivity contribution >= 4 is 27.6 Å². The van der Waals surface area contributed by atoms with Gasteiger partial charge in [0.1, 0.15) is 32.2 Å². The minimum Gasteiger partial charge on any atom is -0.338 e. The van der Waals surface area contributed by atoms with Gasteiger partial charge >= 0.3 is 33.6 Å². The molecule has 5 rings (SSSR count). The number of amides is 2. The zero-order chi connectivity index (χ0) is 35.8. The van der Waals surface area contributed by atoms with E-state index >= 15 is 4.39 Å². The molecule has 0 radical (unpaired) electrons. The van der Waals surface area contributed by atoms with Gasteiger partial charge in [-0.2, -0.15) is 41.1 Å². The fourth-order valence-electron chi connectivity index (χ4n) is 5.74. The maximum atomic E-state index is 15.2. The molecule has 4 N–H and O–H groups in total. The number of hydrogen-bond donors (Lipinski definition) is 4. The molecule has 2 heterocycles. The van der Waals surface area contributed by atoms with Crippen LogP contribution in [-0.2, 0) is 37.2 Å². The van der Waals surface area contributed by atoms with E-state index in [9.17, 15) is 27.8 Å². The van der Waals surface area contributed by atoms with Crippen LogP contribution in [-0.4, -0.2) is 65.8 Å². The normalized spacial score (nSPS) is 16.9. The molecule has 3 aromatic carbocycles. The van der Waals surface area contributed by atoms with E-state index in [1.54, 1.807) is 30.3 Å². The van der Waals surface area contributed by atoms with Gasteiger partial charge in [0.25, 0.3) is 0 Å². The number of hydrogen-bond acceptors (Lipinski definition) is 8. The van der Waals surface area contributed by atoms with Crippen LogP contribution in [0.4, 0.5) is 28.0 Å². The Morgan fingerprint density at radius 2 is 1.54 bits per heavy atom. The van der Waals surface area contributed by atoms with Crippen LogP contribution in [0.5, 0.6) is 0 Å². The van der Waals surface area contributed by atoms with E-state index < -0.39 is 39.0 Å². The third-order valence-corrected chi connectivity index (χ3v) is 13.8. The zero-order valence-electron chi connectivity index (χ0n) is 27.7. The highest BCUT2D eigenvalue weighted by Crippen LogP contribution is 2.80. The van der Waals surface area contributed by atoms with Crippen LogP contribution in [0, 0.1) is 5.82 Å². The highest BCUT2D eigenvalue weighted by Gasteiger charge is 2.74. The first-order valence-electron chi connectivity index (χ1n) is 16.6. The Kier molecular flexibility index (Phi) is 13.1. The SMILES string of the molecule is CCCCCCNC(=O)N(CCc1cc(NC([P+]2(O)OCCO2)[P+]2(O)OCCO2)ccc1F)Cc1ccc(-c2ccccc2C(F)(F)F)cc1. The van der Waals surface area contributed by atoms with Crippen molar-refractivity contribution in [1.82, 2.24) is 10.2 Å².